The van der Waals surface area contributed by atoms with E-state index in [1.807, 2.05) is 21.7 Å². The summed E-state index contributed by atoms with van der Waals surface area (Å²) in [6, 6.07) is 12.5. The van der Waals surface area contributed by atoms with Crippen LogP contribution in [0.2, 0.25) is 0 Å². The predicted octanol–water partition coefficient (Wildman–Crippen LogP) is 3.77. The fourth-order valence-electron chi connectivity index (χ4n) is 2.71. The summed E-state index contributed by atoms with van der Waals surface area (Å²) in [5.74, 6) is 0.792. The average molecular weight is 271 g/mol. The number of nitrogens with zero attached hydrogens (tertiary/aromatic N) is 1. The first-order chi connectivity index (χ1) is 9.34. The first-order valence-corrected chi connectivity index (χ1v) is 7.65. The zero-order valence-corrected chi connectivity index (χ0v) is 11.6. The van der Waals surface area contributed by atoms with Gasteiger partial charge in [-0.15, -0.1) is 0 Å². The molecule has 1 aromatic carbocycles. The van der Waals surface area contributed by atoms with Crippen LogP contribution in [-0.2, 0) is 0 Å². The van der Waals surface area contributed by atoms with Crippen LogP contribution in [-0.4, -0.2) is 23.9 Å². The van der Waals surface area contributed by atoms with E-state index in [9.17, 15) is 4.79 Å². The van der Waals surface area contributed by atoms with E-state index in [0.717, 1.165) is 31.5 Å². The van der Waals surface area contributed by atoms with Gasteiger partial charge in [0.05, 0.1) is 5.56 Å². The van der Waals surface area contributed by atoms with Gasteiger partial charge in [0.1, 0.15) is 0 Å². The largest absolute Gasteiger partial charge is 0.339 e. The van der Waals surface area contributed by atoms with Gasteiger partial charge >= 0.3 is 0 Å². The molecule has 0 aliphatic carbocycles. The summed E-state index contributed by atoms with van der Waals surface area (Å²) in [4.78, 5) is 14.2. The van der Waals surface area contributed by atoms with Crippen LogP contribution >= 0.6 is 11.3 Å². The second kappa shape index (κ2) is 5.57. The van der Waals surface area contributed by atoms with Gasteiger partial charge < -0.3 is 4.90 Å². The second-order valence-corrected chi connectivity index (χ2v) is 5.77. The molecule has 1 aromatic heterocycles. The monoisotopic (exact) mass is 271 g/mol. The molecule has 0 spiro atoms. The van der Waals surface area contributed by atoms with Crippen LogP contribution in [0, 0.1) is 0 Å². The highest BCUT2D eigenvalue weighted by molar-refractivity contribution is 7.08. The Balaban J connectivity index is 1.62. The van der Waals surface area contributed by atoms with Crippen LogP contribution in [0.25, 0.3) is 0 Å². The molecule has 0 radical (unpaired) electrons. The van der Waals surface area contributed by atoms with Crippen molar-refractivity contribution < 1.29 is 4.79 Å². The molecule has 1 aliphatic heterocycles. The SMILES string of the molecule is O=C(c1ccsc1)N1CCC(c2ccccc2)CC1. The maximum Gasteiger partial charge on any atom is 0.254 e. The normalized spacial score (nSPS) is 16.5. The zero-order chi connectivity index (χ0) is 13.1. The number of carbonyl (C=O) groups excluding carboxylic acids is 1. The highest BCUT2D eigenvalue weighted by Gasteiger charge is 2.24. The molecule has 2 aromatic rings. The molecular formula is C16H17NOS. The average Bonchev–Trinajstić information content (AvgIpc) is 3.02. The molecule has 19 heavy (non-hydrogen) atoms. The number of benzene rings is 1. The molecule has 0 saturated carbocycles. The second-order valence-electron chi connectivity index (χ2n) is 4.99. The lowest BCUT2D eigenvalue weighted by molar-refractivity contribution is 0.0713. The zero-order valence-electron chi connectivity index (χ0n) is 10.8. The molecular weight excluding hydrogens is 254 g/mol. The minimum absolute atomic E-state index is 0.188. The van der Waals surface area contributed by atoms with Gasteiger partial charge in [0.25, 0.3) is 5.91 Å². The van der Waals surface area contributed by atoms with E-state index in [-0.39, 0.29) is 5.91 Å². The quantitative estimate of drug-likeness (QED) is 0.814. The van der Waals surface area contributed by atoms with Crippen molar-refractivity contribution in [3.05, 3.63) is 58.3 Å². The number of thiophene rings is 1. The molecule has 1 fully saturated rings. The van der Waals surface area contributed by atoms with Crippen LogP contribution in [0.15, 0.2) is 47.2 Å². The van der Waals surface area contributed by atoms with E-state index in [1.165, 1.54) is 5.56 Å². The Morgan fingerprint density at radius 2 is 1.84 bits per heavy atom. The minimum atomic E-state index is 0.188. The molecule has 2 nitrogen and oxygen atoms in total. The highest BCUT2D eigenvalue weighted by atomic mass is 32.1. The molecule has 0 atom stereocenters. The third-order valence-electron chi connectivity index (χ3n) is 3.82. The van der Waals surface area contributed by atoms with Gasteiger partial charge in [0, 0.05) is 18.5 Å². The number of rotatable bonds is 2. The van der Waals surface area contributed by atoms with Crippen LogP contribution in [0.3, 0.4) is 0 Å². The van der Waals surface area contributed by atoms with Crippen LogP contribution < -0.4 is 0 Å². The molecule has 1 saturated heterocycles. The van der Waals surface area contributed by atoms with Crippen molar-refractivity contribution in [1.82, 2.24) is 4.90 Å². The highest BCUT2D eigenvalue weighted by Crippen LogP contribution is 2.28. The Hall–Kier alpha value is -1.61. The molecule has 2 heterocycles. The van der Waals surface area contributed by atoms with E-state index >= 15 is 0 Å². The van der Waals surface area contributed by atoms with Crippen molar-refractivity contribution in [2.75, 3.05) is 13.1 Å². The molecule has 3 heteroatoms. The summed E-state index contributed by atoms with van der Waals surface area (Å²) >= 11 is 1.58. The first-order valence-electron chi connectivity index (χ1n) is 6.71. The fraction of sp³-hybridized carbons (Fsp3) is 0.312. The molecule has 0 bridgehead atoms. The summed E-state index contributed by atoms with van der Waals surface area (Å²) in [7, 11) is 0. The Bertz CT molecular complexity index is 527. The van der Waals surface area contributed by atoms with Gasteiger partial charge in [-0.05, 0) is 35.8 Å². The Morgan fingerprint density at radius 3 is 2.47 bits per heavy atom. The van der Waals surface area contributed by atoms with Gasteiger partial charge in [-0.1, -0.05) is 30.3 Å². The number of hydrogen-bond donors (Lipinski definition) is 0. The number of likely N-dealkylation sites (tertiary alicyclic amines) is 1. The van der Waals surface area contributed by atoms with Gasteiger partial charge in [-0.3, -0.25) is 4.79 Å². The van der Waals surface area contributed by atoms with Crippen molar-refractivity contribution in [2.24, 2.45) is 0 Å². The molecule has 1 amide bonds. The summed E-state index contributed by atoms with van der Waals surface area (Å²) < 4.78 is 0. The molecule has 0 N–H and O–H groups in total. The van der Waals surface area contributed by atoms with E-state index in [0.29, 0.717) is 5.92 Å². The number of amides is 1. The Kier molecular flexibility index (Phi) is 3.65. The van der Waals surface area contributed by atoms with Crippen molar-refractivity contribution in [3.63, 3.8) is 0 Å². The lowest BCUT2D eigenvalue weighted by Gasteiger charge is -2.32. The molecule has 3 rings (SSSR count). The lowest BCUT2D eigenvalue weighted by Crippen LogP contribution is -2.37. The Labute approximate surface area is 117 Å². The van der Waals surface area contributed by atoms with Gasteiger partial charge in [-0.2, -0.15) is 11.3 Å². The maximum absolute atomic E-state index is 12.2. The number of carbonyl (C=O) groups is 1. The predicted molar refractivity (Wildman–Crippen MR) is 78.6 cm³/mol. The number of piperidine rings is 1. The summed E-state index contributed by atoms with van der Waals surface area (Å²) in [5, 5.41) is 3.90. The van der Waals surface area contributed by atoms with Crippen molar-refractivity contribution in [3.8, 4) is 0 Å². The van der Waals surface area contributed by atoms with E-state index in [1.54, 1.807) is 11.3 Å². The van der Waals surface area contributed by atoms with Gasteiger partial charge in [0.2, 0.25) is 0 Å². The summed E-state index contributed by atoms with van der Waals surface area (Å²) in [6.45, 7) is 1.74. The third-order valence-corrected chi connectivity index (χ3v) is 4.50. The Morgan fingerprint density at radius 1 is 1.11 bits per heavy atom. The molecule has 0 unspecified atom stereocenters. The third kappa shape index (κ3) is 2.71. The van der Waals surface area contributed by atoms with E-state index in [2.05, 4.69) is 30.3 Å². The smallest absolute Gasteiger partial charge is 0.254 e. The number of hydrogen-bond acceptors (Lipinski definition) is 2. The fourth-order valence-corrected chi connectivity index (χ4v) is 3.34. The van der Waals surface area contributed by atoms with E-state index < -0.39 is 0 Å². The van der Waals surface area contributed by atoms with Crippen LogP contribution in [0.4, 0.5) is 0 Å². The van der Waals surface area contributed by atoms with Gasteiger partial charge in [-0.25, -0.2) is 0 Å². The van der Waals surface area contributed by atoms with Crippen molar-refractivity contribution in [1.29, 1.82) is 0 Å². The van der Waals surface area contributed by atoms with Crippen molar-refractivity contribution in [2.45, 2.75) is 18.8 Å². The topological polar surface area (TPSA) is 20.3 Å². The standard InChI is InChI=1S/C16H17NOS/c18-16(15-8-11-19-12-15)17-9-6-14(7-10-17)13-4-2-1-3-5-13/h1-5,8,11-12,14H,6-7,9-10H2. The van der Waals surface area contributed by atoms with Crippen LogP contribution in [0.5, 0.6) is 0 Å². The van der Waals surface area contributed by atoms with Crippen LogP contribution in [0.1, 0.15) is 34.7 Å². The summed E-state index contributed by atoms with van der Waals surface area (Å²) in [6.07, 6.45) is 2.14. The maximum atomic E-state index is 12.2. The van der Waals surface area contributed by atoms with Gasteiger partial charge in [0.15, 0.2) is 0 Å². The van der Waals surface area contributed by atoms with E-state index in [4.69, 9.17) is 0 Å². The summed E-state index contributed by atoms with van der Waals surface area (Å²) in [5.41, 5.74) is 2.24. The lowest BCUT2D eigenvalue weighted by atomic mass is 9.89. The molecule has 1 aliphatic rings. The molecule has 98 valence electrons. The van der Waals surface area contributed by atoms with Crippen molar-refractivity contribution >= 4 is 17.2 Å². The first kappa shape index (κ1) is 12.4. The minimum Gasteiger partial charge on any atom is -0.339 e.